The summed E-state index contributed by atoms with van der Waals surface area (Å²) in [7, 11) is -1.50. The molecule has 1 aliphatic heterocycles. The van der Waals surface area contributed by atoms with Gasteiger partial charge in [0.05, 0.1) is 0 Å². The van der Waals surface area contributed by atoms with Gasteiger partial charge in [0, 0.05) is 20.0 Å². The fourth-order valence-corrected chi connectivity index (χ4v) is 0.453. The van der Waals surface area contributed by atoms with Gasteiger partial charge in [-0.3, -0.25) is 20.5 Å². The molecular formula is C3H12N3O2P. The van der Waals surface area contributed by atoms with Crippen molar-refractivity contribution in [2.24, 2.45) is 0 Å². The van der Waals surface area contributed by atoms with E-state index in [-0.39, 0.29) is 0 Å². The van der Waals surface area contributed by atoms with Crippen LogP contribution < -0.4 is 16.0 Å². The van der Waals surface area contributed by atoms with Crippen LogP contribution in [0.4, 0.5) is 0 Å². The van der Waals surface area contributed by atoms with E-state index in [2.05, 4.69) is 16.0 Å². The fraction of sp³-hybridized carbons (Fsp3) is 1.00. The Morgan fingerprint density at radius 1 is 1.11 bits per heavy atom. The highest BCUT2D eigenvalue weighted by atomic mass is 31.1. The average Bonchev–Trinajstić information content (AvgIpc) is 1.93. The molecule has 0 spiro atoms. The van der Waals surface area contributed by atoms with E-state index in [1.807, 2.05) is 0 Å². The van der Waals surface area contributed by atoms with Crippen molar-refractivity contribution < 1.29 is 9.46 Å². The first-order valence-corrected chi connectivity index (χ1v) is 3.60. The third-order valence-electron chi connectivity index (χ3n) is 0.750. The van der Waals surface area contributed by atoms with Crippen molar-refractivity contribution in [2.75, 3.05) is 20.0 Å². The molecule has 0 saturated carbocycles. The molecule has 1 unspecified atom stereocenters. The highest BCUT2D eigenvalue weighted by Gasteiger charge is 1.89. The second-order valence-electron chi connectivity index (χ2n) is 1.39. The van der Waals surface area contributed by atoms with Gasteiger partial charge in [0.15, 0.2) is 8.69 Å². The van der Waals surface area contributed by atoms with Crippen molar-refractivity contribution in [3.63, 3.8) is 0 Å². The molecule has 0 aromatic rings. The first-order valence-electron chi connectivity index (χ1n) is 2.62. The summed E-state index contributed by atoms with van der Waals surface area (Å²) >= 11 is 0. The van der Waals surface area contributed by atoms with Crippen LogP contribution in [0.5, 0.6) is 0 Å². The Morgan fingerprint density at radius 3 is 1.44 bits per heavy atom. The van der Waals surface area contributed by atoms with E-state index in [4.69, 9.17) is 9.46 Å². The molecule has 0 aromatic heterocycles. The van der Waals surface area contributed by atoms with Crippen LogP contribution in [0.3, 0.4) is 0 Å². The minimum absolute atomic E-state index is 0.938. The predicted octanol–water partition coefficient (Wildman–Crippen LogP) is -1.71. The molecule has 9 heavy (non-hydrogen) atoms. The van der Waals surface area contributed by atoms with Gasteiger partial charge in [0.1, 0.15) is 0 Å². The molecule has 0 aliphatic carbocycles. The number of rotatable bonds is 0. The third-order valence-corrected chi connectivity index (χ3v) is 0.750. The molecular weight excluding hydrogens is 141 g/mol. The van der Waals surface area contributed by atoms with Gasteiger partial charge in [-0.1, -0.05) is 0 Å². The van der Waals surface area contributed by atoms with E-state index < -0.39 is 8.69 Å². The second-order valence-corrected chi connectivity index (χ2v) is 1.60. The van der Waals surface area contributed by atoms with E-state index in [9.17, 15) is 0 Å². The van der Waals surface area contributed by atoms with Crippen LogP contribution in [0.2, 0.25) is 0 Å². The standard InChI is InChI=1S/C3H9N3.H3O2P/c1-4-2-6-3-5-1;1-3-2/h4-6H,1-3H2;3H2,(H,1,2). The van der Waals surface area contributed by atoms with Gasteiger partial charge < -0.3 is 4.89 Å². The lowest BCUT2D eigenvalue weighted by Gasteiger charge is -2.13. The van der Waals surface area contributed by atoms with E-state index in [0.717, 1.165) is 20.0 Å². The molecule has 56 valence electrons. The van der Waals surface area contributed by atoms with Gasteiger partial charge in [-0.15, -0.1) is 0 Å². The summed E-state index contributed by atoms with van der Waals surface area (Å²) in [6.45, 7) is 2.81. The molecule has 5 nitrogen and oxygen atoms in total. The monoisotopic (exact) mass is 153 g/mol. The lowest BCUT2D eigenvalue weighted by atomic mass is 10.8. The van der Waals surface area contributed by atoms with Crippen molar-refractivity contribution in [1.82, 2.24) is 16.0 Å². The zero-order chi connectivity index (χ0) is 6.95. The SMILES string of the molecule is C1NCNCN1.O=[PH2]O. The van der Waals surface area contributed by atoms with Crippen LogP contribution in [0, 0.1) is 0 Å². The summed E-state index contributed by atoms with van der Waals surface area (Å²) in [5, 5.41) is 9.19. The van der Waals surface area contributed by atoms with Crippen LogP contribution >= 0.6 is 8.69 Å². The Bertz CT molecular complexity index is 56.6. The van der Waals surface area contributed by atoms with Crippen molar-refractivity contribution in [3.05, 3.63) is 0 Å². The Balaban J connectivity index is 0.000000187. The van der Waals surface area contributed by atoms with E-state index >= 15 is 0 Å². The molecule has 1 fully saturated rings. The molecule has 0 radical (unpaired) electrons. The number of hydrogen-bond acceptors (Lipinski definition) is 4. The highest BCUT2D eigenvalue weighted by Crippen LogP contribution is 1.66. The summed E-state index contributed by atoms with van der Waals surface area (Å²) in [5.74, 6) is 0. The molecule has 1 saturated heterocycles. The van der Waals surface area contributed by atoms with Crippen LogP contribution in [-0.2, 0) is 4.57 Å². The van der Waals surface area contributed by atoms with Gasteiger partial charge in [-0.05, 0) is 0 Å². The Morgan fingerprint density at radius 2 is 1.33 bits per heavy atom. The minimum Gasteiger partial charge on any atom is -0.348 e. The average molecular weight is 153 g/mol. The van der Waals surface area contributed by atoms with Gasteiger partial charge in [0.2, 0.25) is 0 Å². The van der Waals surface area contributed by atoms with Crippen LogP contribution in [0.1, 0.15) is 0 Å². The first kappa shape index (κ1) is 9.07. The molecule has 1 heterocycles. The molecule has 6 heteroatoms. The molecule has 1 aliphatic rings. The summed E-state index contributed by atoms with van der Waals surface area (Å²) < 4.78 is 8.57. The predicted molar refractivity (Wildman–Crippen MR) is 36.6 cm³/mol. The lowest BCUT2D eigenvalue weighted by Crippen LogP contribution is -2.47. The Hall–Kier alpha value is 0.0700. The van der Waals surface area contributed by atoms with E-state index in [1.165, 1.54) is 0 Å². The van der Waals surface area contributed by atoms with Gasteiger partial charge in [-0.2, -0.15) is 0 Å². The van der Waals surface area contributed by atoms with E-state index in [0.29, 0.717) is 0 Å². The van der Waals surface area contributed by atoms with E-state index in [1.54, 1.807) is 0 Å². The van der Waals surface area contributed by atoms with Crippen LogP contribution in [0.25, 0.3) is 0 Å². The number of hydrogen-bond donors (Lipinski definition) is 4. The zero-order valence-electron chi connectivity index (χ0n) is 5.05. The minimum atomic E-state index is -1.50. The molecule has 0 amide bonds. The van der Waals surface area contributed by atoms with Crippen molar-refractivity contribution in [2.45, 2.75) is 0 Å². The Kier molecular flexibility index (Phi) is 8.13. The largest absolute Gasteiger partial charge is 0.348 e. The first-order chi connectivity index (χ1) is 4.41. The van der Waals surface area contributed by atoms with Gasteiger partial charge in [0.25, 0.3) is 0 Å². The smallest absolute Gasteiger partial charge is 0.177 e. The van der Waals surface area contributed by atoms with Crippen LogP contribution in [-0.4, -0.2) is 24.9 Å². The molecule has 0 bridgehead atoms. The summed E-state index contributed by atoms with van der Waals surface area (Å²) in [4.78, 5) is 7.10. The summed E-state index contributed by atoms with van der Waals surface area (Å²) in [6, 6.07) is 0. The quantitative estimate of drug-likeness (QED) is 0.312. The lowest BCUT2D eigenvalue weighted by molar-refractivity contribution is 0.443. The molecule has 1 rings (SSSR count). The summed E-state index contributed by atoms with van der Waals surface area (Å²) in [6.07, 6.45) is 0. The summed E-state index contributed by atoms with van der Waals surface area (Å²) in [5.41, 5.74) is 0. The number of nitrogens with one attached hydrogen (secondary N) is 3. The highest BCUT2D eigenvalue weighted by molar-refractivity contribution is 7.16. The molecule has 1 atom stereocenters. The maximum Gasteiger partial charge on any atom is 0.177 e. The van der Waals surface area contributed by atoms with Crippen molar-refractivity contribution in [3.8, 4) is 0 Å². The van der Waals surface area contributed by atoms with Crippen molar-refractivity contribution >= 4 is 8.69 Å². The zero-order valence-corrected chi connectivity index (χ0v) is 6.21. The van der Waals surface area contributed by atoms with Gasteiger partial charge in [-0.25, -0.2) is 0 Å². The maximum absolute atomic E-state index is 8.57. The van der Waals surface area contributed by atoms with Gasteiger partial charge >= 0.3 is 0 Å². The Labute approximate surface area is 55.1 Å². The van der Waals surface area contributed by atoms with Crippen LogP contribution in [0.15, 0.2) is 0 Å². The topological polar surface area (TPSA) is 73.4 Å². The van der Waals surface area contributed by atoms with Crippen molar-refractivity contribution in [1.29, 1.82) is 0 Å². The fourth-order valence-electron chi connectivity index (χ4n) is 0.453. The molecule has 4 N–H and O–H groups in total. The third kappa shape index (κ3) is 8.07. The molecule has 0 aromatic carbocycles. The normalized spacial score (nSPS) is 19.2. The second kappa shape index (κ2) is 8.07. The maximum atomic E-state index is 8.57.